The summed E-state index contributed by atoms with van der Waals surface area (Å²) in [6.45, 7) is 3.43. The molecule has 2 heteroatoms. The van der Waals surface area contributed by atoms with E-state index in [9.17, 15) is 4.79 Å². The Morgan fingerprint density at radius 2 is 2.00 bits per heavy atom. The van der Waals surface area contributed by atoms with Crippen LogP contribution in [-0.2, 0) is 0 Å². The number of hydrogen-bond acceptors (Lipinski definition) is 2. The molecule has 0 saturated carbocycles. The van der Waals surface area contributed by atoms with Gasteiger partial charge in [0.25, 0.3) is 0 Å². The van der Waals surface area contributed by atoms with Gasteiger partial charge in [-0.05, 0) is 13.0 Å². The van der Waals surface area contributed by atoms with Crippen LogP contribution >= 0.6 is 0 Å². The lowest BCUT2D eigenvalue weighted by molar-refractivity contribution is 0.0991. The molecule has 0 aliphatic rings. The van der Waals surface area contributed by atoms with Crippen molar-refractivity contribution in [3.8, 4) is 0 Å². The van der Waals surface area contributed by atoms with Crippen LogP contribution in [0.2, 0.25) is 0 Å². The molecule has 0 aromatic heterocycles. The van der Waals surface area contributed by atoms with Crippen LogP contribution in [0.5, 0.6) is 0 Å². The van der Waals surface area contributed by atoms with Crippen molar-refractivity contribution in [1.82, 2.24) is 5.32 Å². The Morgan fingerprint density at radius 1 is 1.31 bits per heavy atom. The molecule has 0 aliphatic carbocycles. The van der Waals surface area contributed by atoms with Crippen LogP contribution in [0.4, 0.5) is 0 Å². The number of nitrogens with one attached hydrogen (secondary N) is 1. The summed E-state index contributed by atoms with van der Waals surface area (Å²) in [5, 5.41) is 3.08. The van der Waals surface area contributed by atoms with E-state index in [0.29, 0.717) is 6.54 Å². The first-order chi connectivity index (χ1) is 6.34. The highest BCUT2D eigenvalue weighted by Gasteiger charge is 2.02. The predicted octanol–water partition coefficient (Wildman–Crippen LogP) is 1.87. The van der Waals surface area contributed by atoms with Gasteiger partial charge in [0, 0.05) is 5.56 Å². The van der Waals surface area contributed by atoms with Gasteiger partial charge < -0.3 is 5.32 Å². The summed E-state index contributed by atoms with van der Waals surface area (Å²) in [5.74, 6) is 0.161. The summed E-state index contributed by atoms with van der Waals surface area (Å²) in [4.78, 5) is 11.5. The van der Waals surface area contributed by atoms with Crippen LogP contribution in [0.25, 0.3) is 0 Å². The summed E-state index contributed by atoms with van der Waals surface area (Å²) in [6, 6.07) is 9.36. The molecule has 0 radical (unpaired) electrons. The second-order valence-electron chi connectivity index (χ2n) is 2.97. The second-order valence-corrected chi connectivity index (χ2v) is 2.97. The summed E-state index contributed by atoms with van der Waals surface area (Å²) in [5.41, 5.74) is 0.783. The van der Waals surface area contributed by atoms with Crippen LogP contribution in [0.15, 0.2) is 30.3 Å². The molecule has 1 aromatic carbocycles. The molecular formula is C11H15NO. The van der Waals surface area contributed by atoms with Gasteiger partial charge in [0.2, 0.25) is 0 Å². The van der Waals surface area contributed by atoms with Crippen molar-refractivity contribution in [3.63, 3.8) is 0 Å². The first-order valence-corrected chi connectivity index (χ1v) is 4.63. The minimum atomic E-state index is 0.161. The Bertz CT molecular complexity index is 256. The summed E-state index contributed by atoms with van der Waals surface area (Å²) in [7, 11) is 0. The van der Waals surface area contributed by atoms with E-state index in [1.807, 2.05) is 30.3 Å². The number of carbonyl (C=O) groups excluding carboxylic acids is 1. The van der Waals surface area contributed by atoms with E-state index in [0.717, 1.165) is 18.5 Å². The van der Waals surface area contributed by atoms with E-state index >= 15 is 0 Å². The maximum Gasteiger partial charge on any atom is 0.176 e. The van der Waals surface area contributed by atoms with Crippen LogP contribution in [-0.4, -0.2) is 18.9 Å². The zero-order chi connectivity index (χ0) is 9.52. The molecule has 0 unspecified atom stereocenters. The summed E-state index contributed by atoms with van der Waals surface area (Å²) < 4.78 is 0. The SMILES string of the molecule is CCCNCC(=O)c1ccccc1. The third kappa shape index (κ3) is 3.38. The average Bonchev–Trinajstić information content (AvgIpc) is 2.19. The highest BCUT2D eigenvalue weighted by Crippen LogP contribution is 1.98. The average molecular weight is 177 g/mol. The van der Waals surface area contributed by atoms with Gasteiger partial charge in [-0.1, -0.05) is 37.3 Å². The number of Topliss-reactive ketones (excluding diaryl/α,β-unsaturated/α-hetero) is 1. The van der Waals surface area contributed by atoms with E-state index in [4.69, 9.17) is 0 Å². The Kier molecular flexibility index (Phi) is 4.19. The first-order valence-electron chi connectivity index (χ1n) is 4.63. The Hall–Kier alpha value is -1.15. The van der Waals surface area contributed by atoms with Crippen molar-refractivity contribution in [2.45, 2.75) is 13.3 Å². The standard InChI is InChI=1S/C11H15NO/c1-2-8-12-9-11(13)10-6-4-3-5-7-10/h3-7,12H,2,8-9H2,1H3. The molecular weight excluding hydrogens is 162 g/mol. The van der Waals surface area contributed by atoms with Crippen molar-refractivity contribution >= 4 is 5.78 Å². The molecule has 70 valence electrons. The number of benzene rings is 1. The van der Waals surface area contributed by atoms with Gasteiger partial charge in [-0.25, -0.2) is 0 Å². The molecule has 1 rings (SSSR count). The lowest BCUT2D eigenvalue weighted by Crippen LogP contribution is -2.23. The molecule has 0 saturated heterocycles. The highest BCUT2D eigenvalue weighted by molar-refractivity contribution is 5.97. The van der Waals surface area contributed by atoms with Crippen LogP contribution in [0.3, 0.4) is 0 Å². The Balaban J connectivity index is 2.40. The van der Waals surface area contributed by atoms with Crippen LogP contribution < -0.4 is 5.32 Å². The molecule has 0 bridgehead atoms. The topological polar surface area (TPSA) is 29.1 Å². The quantitative estimate of drug-likeness (QED) is 0.549. The molecule has 0 amide bonds. The summed E-state index contributed by atoms with van der Waals surface area (Å²) in [6.07, 6.45) is 1.06. The fraction of sp³-hybridized carbons (Fsp3) is 0.364. The van der Waals surface area contributed by atoms with Gasteiger partial charge in [-0.3, -0.25) is 4.79 Å². The van der Waals surface area contributed by atoms with Crippen LogP contribution in [0, 0.1) is 0 Å². The number of rotatable bonds is 5. The van der Waals surface area contributed by atoms with E-state index in [1.165, 1.54) is 0 Å². The normalized spacial score (nSPS) is 9.92. The monoisotopic (exact) mass is 177 g/mol. The van der Waals surface area contributed by atoms with Gasteiger partial charge in [0.05, 0.1) is 6.54 Å². The number of hydrogen-bond donors (Lipinski definition) is 1. The molecule has 13 heavy (non-hydrogen) atoms. The minimum Gasteiger partial charge on any atom is -0.310 e. The highest BCUT2D eigenvalue weighted by atomic mass is 16.1. The molecule has 0 heterocycles. The Labute approximate surface area is 79.0 Å². The molecule has 0 fully saturated rings. The molecule has 0 atom stereocenters. The smallest absolute Gasteiger partial charge is 0.176 e. The van der Waals surface area contributed by atoms with Gasteiger partial charge in [-0.2, -0.15) is 0 Å². The lowest BCUT2D eigenvalue weighted by Gasteiger charge is -2.01. The molecule has 0 aliphatic heterocycles. The third-order valence-electron chi connectivity index (χ3n) is 1.81. The molecule has 0 spiro atoms. The van der Waals surface area contributed by atoms with E-state index < -0.39 is 0 Å². The van der Waals surface area contributed by atoms with Crippen molar-refractivity contribution in [1.29, 1.82) is 0 Å². The molecule has 1 aromatic rings. The van der Waals surface area contributed by atoms with Gasteiger partial charge in [-0.15, -0.1) is 0 Å². The van der Waals surface area contributed by atoms with E-state index in [1.54, 1.807) is 0 Å². The predicted molar refractivity (Wildman–Crippen MR) is 53.9 cm³/mol. The number of carbonyl (C=O) groups is 1. The minimum absolute atomic E-state index is 0.161. The van der Waals surface area contributed by atoms with Gasteiger partial charge >= 0.3 is 0 Å². The first kappa shape index (κ1) is 9.93. The van der Waals surface area contributed by atoms with Gasteiger partial charge in [0.15, 0.2) is 5.78 Å². The largest absolute Gasteiger partial charge is 0.310 e. The van der Waals surface area contributed by atoms with Gasteiger partial charge in [0.1, 0.15) is 0 Å². The van der Waals surface area contributed by atoms with Crippen molar-refractivity contribution in [2.24, 2.45) is 0 Å². The number of ketones is 1. The third-order valence-corrected chi connectivity index (χ3v) is 1.81. The van der Waals surface area contributed by atoms with Crippen molar-refractivity contribution < 1.29 is 4.79 Å². The van der Waals surface area contributed by atoms with E-state index in [-0.39, 0.29) is 5.78 Å². The fourth-order valence-corrected chi connectivity index (χ4v) is 1.10. The molecule has 1 N–H and O–H groups in total. The fourth-order valence-electron chi connectivity index (χ4n) is 1.10. The zero-order valence-electron chi connectivity index (χ0n) is 7.92. The molecule has 2 nitrogen and oxygen atoms in total. The maximum absolute atomic E-state index is 11.5. The lowest BCUT2D eigenvalue weighted by atomic mass is 10.1. The summed E-state index contributed by atoms with van der Waals surface area (Å²) >= 11 is 0. The zero-order valence-corrected chi connectivity index (χ0v) is 7.92. The van der Waals surface area contributed by atoms with E-state index in [2.05, 4.69) is 12.2 Å². The van der Waals surface area contributed by atoms with Crippen molar-refractivity contribution in [3.05, 3.63) is 35.9 Å². The second kappa shape index (κ2) is 5.49. The van der Waals surface area contributed by atoms with Crippen LogP contribution in [0.1, 0.15) is 23.7 Å². The maximum atomic E-state index is 11.5. The van der Waals surface area contributed by atoms with Crippen molar-refractivity contribution in [2.75, 3.05) is 13.1 Å². The Morgan fingerprint density at radius 3 is 2.62 bits per heavy atom.